The van der Waals surface area contributed by atoms with Crippen molar-refractivity contribution in [2.24, 2.45) is 0 Å². The molecule has 20 nitrogen and oxygen atoms in total. The zero-order valence-corrected chi connectivity index (χ0v) is 34.6. The van der Waals surface area contributed by atoms with Gasteiger partial charge in [-0.2, -0.15) is 4.98 Å². The summed E-state index contributed by atoms with van der Waals surface area (Å²) in [5.74, 6) is -2.45. The second-order valence-electron chi connectivity index (χ2n) is 13.9. The van der Waals surface area contributed by atoms with Crippen LogP contribution in [0.1, 0.15) is 46.2 Å². The number of aliphatic carboxylic acids is 1. The highest BCUT2D eigenvalue weighted by Gasteiger charge is 2.23. The average molecular weight is 889 g/mol. The quantitative estimate of drug-likeness (QED) is 0.0302. The zero-order chi connectivity index (χ0) is 45.9. The monoisotopic (exact) mass is 888 g/mol. The molecular formula is C43H40N10O10S. The van der Waals surface area contributed by atoms with Gasteiger partial charge < -0.3 is 52.1 Å². The molecule has 2 aromatic heterocycles. The van der Waals surface area contributed by atoms with Crippen LogP contribution in [0.15, 0.2) is 99.1 Å². The number of aromatic nitrogens is 4. The first-order valence-corrected chi connectivity index (χ1v) is 19.8. The summed E-state index contributed by atoms with van der Waals surface area (Å²) in [5, 5.41) is 43.9. The Balaban J connectivity index is 0.000000214. The lowest BCUT2D eigenvalue weighted by Crippen LogP contribution is -2.40. The van der Waals surface area contributed by atoms with Gasteiger partial charge in [-0.3, -0.25) is 24.2 Å². The maximum Gasteiger partial charge on any atom is 0.336 e. The number of carboxylic acids is 2. The molecule has 11 N–H and O–H groups in total. The molecule has 1 aliphatic heterocycles. The summed E-state index contributed by atoms with van der Waals surface area (Å²) in [6, 6.07) is 19.3. The van der Waals surface area contributed by atoms with E-state index in [2.05, 4.69) is 46.5 Å². The van der Waals surface area contributed by atoms with Crippen molar-refractivity contribution in [2.75, 3.05) is 29.5 Å². The SMILES string of the molecule is CCCC(NC(=O)c1ccc(NCc2cnc3nc(N)[nH]c(=O)c3n2)cc1)C(=O)O.O=CNCCNC(=S)Nc1ccc(-c2c3ccc(=O)cc-3oc3cc(O)ccc23)c(C(=O)O)c1. The standard InChI is InChI=1S/C24H19N3O6S.C19H21N7O4/c28-12-25-7-8-26-24(34)27-13-1-4-16(19(9-13)23(31)32)22-17-5-2-14(29)10-20(17)33-21-11-15(30)3-6-18(21)22;1-2-3-13(18(29)30)24-16(27)10-4-6-11(7-5-10)21-8-12-9-22-15-14(23-12)17(28)26-19(20)25-15/h1-6,9-12,29H,7-8H2,(H,25,28)(H,31,32)(H2,26,27,34);4-7,9,13,21H,2-3,8H2,1H3,(H,24,27)(H,29,30)(H3,20,22,25,26,28). The van der Waals surface area contributed by atoms with Gasteiger partial charge in [0.1, 0.15) is 23.1 Å². The van der Waals surface area contributed by atoms with Crippen molar-refractivity contribution in [1.82, 2.24) is 35.9 Å². The van der Waals surface area contributed by atoms with E-state index in [0.717, 1.165) is 0 Å². The number of amides is 2. The molecule has 1 atom stereocenters. The third kappa shape index (κ3) is 11.1. The predicted molar refractivity (Wildman–Crippen MR) is 241 cm³/mol. The maximum atomic E-state index is 12.2. The number of benzene rings is 4. The van der Waals surface area contributed by atoms with Gasteiger partial charge in [-0.25, -0.2) is 19.6 Å². The predicted octanol–water partition coefficient (Wildman–Crippen LogP) is 3.89. The van der Waals surface area contributed by atoms with Gasteiger partial charge in [-0.15, -0.1) is 0 Å². The molecule has 1 aliphatic carbocycles. The van der Waals surface area contributed by atoms with Crippen molar-refractivity contribution in [3.63, 3.8) is 0 Å². The number of H-pyrrole nitrogens is 1. The Kier molecular flexibility index (Phi) is 14.4. The maximum absolute atomic E-state index is 12.2. The normalized spacial score (nSPS) is 11.2. The minimum Gasteiger partial charge on any atom is -0.508 e. The molecule has 5 aromatic rings. The third-order valence-electron chi connectivity index (χ3n) is 9.38. The van der Waals surface area contributed by atoms with Crippen molar-refractivity contribution >= 4 is 81.0 Å². The van der Waals surface area contributed by atoms with Gasteiger partial charge in [-0.1, -0.05) is 19.4 Å². The lowest BCUT2D eigenvalue weighted by Gasteiger charge is -2.18. The summed E-state index contributed by atoms with van der Waals surface area (Å²) in [4.78, 5) is 84.4. The number of hydrogen-bond donors (Lipinski definition) is 10. The zero-order valence-electron chi connectivity index (χ0n) is 33.8. The van der Waals surface area contributed by atoms with Crippen LogP contribution in [0.25, 0.3) is 44.6 Å². The molecule has 0 saturated heterocycles. The number of nitrogens with one attached hydrogen (secondary N) is 6. The molecule has 21 heteroatoms. The van der Waals surface area contributed by atoms with Gasteiger partial charge >= 0.3 is 11.9 Å². The van der Waals surface area contributed by atoms with Gasteiger partial charge in [0.05, 0.1) is 24.0 Å². The van der Waals surface area contributed by atoms with Crippen LogP contribution in [-0.2, 0) is 16.1 Å². The minimum atomic E-state index is -1.16. The van der Waals surface area contributed by atoms with Crippen molar-refractivity contribution in [3.05, 3.63) is 122 Å². The van der Waals surface area contributed by atoms with Crippen LogP contribution in [0.2, 0.25) is 0 Å². The van der Waals surface area contributed by atoms with E-state index >= 15 is 0 Å². The molecular weight excluding hydrogens is 849 g/mol. The third-order valence-corrected chi connectivity index (χ3v) is 9.63. The first-order chi connectivity index (χ1) is 30.7. The Morgan fingerprint density at radius 2 is 1.69 bits per heavy atom. The number of fused-ring (bicyclic) bond motifs is 3. The van der Waals surface area contributed by atoms with Crippen LogP contribution >= 0.6 is 12.2 Å². The number of nitrogen functional groups attached to an aromatic ring is 1. The number of carboxylic acid groups (broad SMARTS) is 2. The van der Waals surface area contributed by atoms with Crippen molar-refractivity contribution in [1.29, 1.82) is 0 Å². The Hall–Kier alpha value is -8.46. The number of carbonyl (C=O) groups excluding carboxylic acids is 2. The van der Waals surface area contributed by atoms with Gasteiger partial charge in [0.15, 0.2) is 21.7 Å². The van der Waals surface area contributed by atoms with E-state index in [-0.39, 0.29) is 51.3 Å². The fourth-order valence-corrected chi connectivity index (χ4v) is 6.64. The molecule has 0 bridgehead atoms. The molecule has 7 rings (SSSR count). The summed E-state index contributed by atoms with van der Waals surface area (Å²) < 4.78 is 5.83. The summed E-state index contributed by atoms with van der Waals surface area (Å²) in [5.41, 5.74) is 8.87. The summed E-state index contributed by atoms with van der Waals surface area (Å²) in [7, 11) is 0. The van der Waals surface area contributed by atoms with Crippen molar-refractivity contribution in [3.8, 4) is 28.2 Å². The Bertz CT molecular complexity index is 2980. The second-order valence-corrected chi connectivity index (χ2v) is 14.3. The topological polar surface area (TPSA) is 317 Å². The van der Waals surface area contributed by atoms with Crippen molar-refractivity contribution < 1.29 is 38.9 Å². The highest BCUT2D eigenvalue weighted by Crippen LogP contribution is 2.42. The smallest absolute Gasteiger partial charge is 0.336 e. The van der Waals surface area contributed by atoms with Crippen LogP contribution < -0.4 is 43.3 Å². The summed E-state index contributed by atoms with van der Waals surface area (Å²) >= 11 is 5.22. The number of nitrogens with zero attached hydrogens (tertiary/aromatic N) is 3. The summed E-state index contributed by atoms with van der Waals surface area (Å²) in [6.45, 7) is 2.92. The Morgan fingerprint density at radius 1 is 0.938 bits per heavy atom. The molecule has 0 radical (unpaired) electrons. The molecule has 3 aromatic carbocycles. The summed E-state index contributed by atoms with van der Waals surface area (Å²) in [6.07, 6.45) is 3.08. The van der Waals surface area contributed by atoms with Crippen LogP contribution in [0, 0.1) is 0 Å². The number of carbonyl (C=O) groups is 4. The molecule has 64 heavy (non-hydrogen) atoms. The highest BCUT2D eigenvalue weighted by molar-refractivity contribution is 7.80. The van der Waals surface area contributed by atoms with Gasteiger partial charge in [0.2, 0.25) is 12.4 Å². The largest absolute Gasteiger partial charge is 0.508 e. The van der Waals surface area contributed by atoms with Crippen LogP contribution in [0.5, 0.6) is 5.75 Å². The van der Waals surface area contributed by atoms with E-state index in [9.17, 15) is 39.0 Å². The molecule has 0 saturated carbocycles. The first-order valence-electron chi connectivity index (χ1n) is 19.4. The van der Waals surface area contributed by atoms with Crippen LogP contribution in [-0.4, -0.2) is 83.8 Å². The number of phenols is 1. The second kappa shape index (κ2) is 20.4. The minimum absolute atomic E-state index is 0.00324. The number of nitrogens with two attached hydrogens (primary N) is 1. The Labute approximate surface area is 367 Å². The fourth-order valence-electron chi connectivity index (χ4n) is 6.42. The first kappa shape index (κ1) is 45.1. The number of thiocarbonyl (C=S) groups is 1. The van der Waals surface area contributed by atoms with Crippen molar-refractivity contribution in [2.45, 2.75) is 32.4 Å². The molecule has 2 aliphatic rings. The Morgan fingerprint density at radius 3 is 2.41 bits per heavy atom. The van der Waals surface area contributed by atoms with E-state index in [1.807, 2.05) is 6.92 Å². The number of hydrogen-bond acceptors (Lipinski definition) is 14. The molecule has 2 amide bonds. The molecule has 328 valence electrons. The van der Waals surface area contributed by atoms with Crippen LogP contribution in [0.4, 0.5) is 17.3 Å². The number of rotatable bonds is 15. The lowest BCUT2D eigenvalue weighted by atomic mass is 9.90. The van der Waals surface area contributed by atoms with Gasteiger partial charge in [0, 0.05) is 58.7 Å². The van der Waals surface area contributed by atoms with Gasteiger partial charge in [0.25, 0.3) is 11.5 Å². The highest BCUT2D eigenvalue weighted by atomic mass is 32.1. The number of aromatic amines is 1. The number of aromatic hydroxyl groups is 1. The molecule has 0 fully saturated rings. The molecule has 1 unspecified atom stereocenters. The van der Waals surface area contributed by atoms with Crippen LogP contribution in [0.3, 0.4) is 0 Å². The van der Waals surface area contributed by atoms with Gasteiger partial charge in [-0.05, 0) is 84.9 Å². The molecule has 3 heterocycles. The lowest BCUT2D eigenvalue weighted by molar-refractivity contribution is -0.139. The number of aromatic carboxylic acids is 1. The fraction of sp³-hybridized carbons (Fsp3) is 0.163. The van der Waals surface area contributed by atoms with E-state index in [0.29, 0.717) is 82.6 Å². The van der Waals surface area contributed by atoms with E-state index < -0.39 is 29.4 Å². The average Bonchev–Trinajstić information content (AvgIpc) is 3.26. The van der Waals surface area contributed by atoms with E-state index in [4.69, 9.17) is 27.5 Å². The number of phenolic OH excluding ortho intramolecular Hbond substituents is 1. The van der Waals surface area contributed by atoms with E-state index in [1.54, 1.807) is 48.5 Å². The van der Waals surface area contributed by atoms with E-state index in [1.165, 1.54) is 36.5 Å². The molecule has 0 spiro atoms. The number of anilines is 3.